The van der Waals surface area contributed by atoms with Crippen molar-refractivity contribution in [3.05, 3.63) is 24.3 Å². The van der Waals surface area contributed by atoms with Crippen molar-refractivity contribution in [3.63, 3.8) is 0 Å². The fourth-order valence-electron chi connectivity index (χ4n) is 1.63. The van der Waals surface area contributed by atoms with E-state index >= 15 is 0 Å². The number of amides is 1. The molecule has 1 aliphatic rings. The highest BCUT2D eigenvalue weighted by Gasteiger charge is 2.17. The van der Waals surface area contributed by atoms with Crippen molar-refractivity contribution < 1.29 is 14.3 Å². The molecular weight excluding hydrogens is 220 g/mol. The molecule has 0 bridgehead atoms. The van der Waals surface area contributed by atoms with E-state index in [2.05, 4.69) is 5.32 Å². The van der Waals surface area contributed by atoms with Gasteiger partial charge in [0, 0.05) is 23.9 Å². The number of nitrogen functional groups attached to an aromatic ring is 1. The van der Waals surface area contributed by atoms with E-state index in [1.165, 1.54) is 0 Å². The molecule has 0 spiro atoms. The van der Waals surface area contributed by atoms with Crippen LogP contribution in [0.5, 0.6) is 0 Å². The maximum Gasteiger partial charge on any atom is 0.411 e. The van der Waals surface area contributed by atoms with Crippen molar-refractivity contribution in [2.45, 2.75) is 6.42 Å². The van der Waals surface area contributed by atoms with Crippen LogP contribution in [0.3, 0.4) is 0 Å². The standard InChI is InChI=1S/C12H16N2O3/c13-10-1-3-11(4-2-10)14-12(15)17-8-9-5-6-16-7-9/h1-4,9H,5-8,13H2,(H,14,15). The SMILES string of the molecule is Nc1ccc(NC(=O)OCC2CCOC2)cc1. The number of hydrogen-bond donors (Lipinski definition) is 2. The van der Waals surface area contributed by atoms with Gasteiger partial charge < -0.3 is 15.2 Å². The van der Waals surface area contributed by atoms with Crippen LogP contribution in [0.25, 0.3) is 0 Å². The minimum absolute atomic E-state index is 0.326. The first-order chi connectivity index (χ1) is 8.24. The van der Waals surface area contributed by atoms with Crippen LogP contribution in [-0.2, 0) is 9.47 Å². The number of carbonyl (C=O) groups excluding carboxylic acids is 1. The van der Waals surface area contributed by atoms with Crippen LogP contribution >= 0.6 is 0 Å². The summed E-state index contributed by atoms with van der Waals surface area (Å²) in [5, 5.41) is 2.64. The number of nitrogens with two attached hydrogens (primary N) is 1. The maximum absolute atomic E-state index is 11.4. The van der Waals surface area contributed by atoms with Crippen molar-refractivity contribution >= 4 is 17.5 Å². The van der Waals surface area contributed by atoms with Gasteiger partial charge in [0.1, 0.15) is 0 Å². The molecule has 1 heterocycles. The molecule has 0 aromatic heterocycles. The van der Waals surface area contributed by atoms with E-state index in [-0.39, 0.29) is 0 Å². The van der Waals surface area contributed by atoms with Crippen LogP contribution < -0.4 is 11.1 Å². The molecule has 3 N–H and O–H groups in total. The Hall–Kier alpha value is -1.75. The third-order valence-corrected chi connectivity index (χ3v) is 2.63. The second-order valence-electron chi connectivity index (χ2n) is 4.08. The Morgan fingerprint density at radius 1 is 1.47 bits per heavy atom. The van der Waals surface area contributed by atoms with Gasteiger partial charge in [0.25, 0.3) is 0 Å². The molecule has 1 atom stereocenters. The molecule has 2 rings (SSSR count). The Morgan fingerprint density at radius 3 is 2.88 bits per heavy atom. The van der Waals surface area contributed by atoms with Crippen LogP contribution in [0, 0.1) is 5.92 Å². The van der Waals surface area contributed by atoms with Gasteiger partial charge in [-0.05, 0) is 30.7 Å². The zero-order chi connectivity index (χ0) is 12.1. The fourth-order valence-corrected chi connectivity index (χ4v) is 1.63. The second kappa shape index (κ2) is 5.54. The highest BCUT2D eigenvalue weighted by atomic mass is 16.6. The van der Waals surface area contributed by atoms with Crippen molar-refractivity contribution in [1.82, 2.24) is 0 Å². The zero-order valence-electron chi connectivity index (χ0n) is 9.52. The van der Waals surface area contributed by atoms with E-state index in [4.69, 9.17) is 15.2 Å². The fraction of sp³-hybridized carbons (Fsp3) is 0.417. The van der Waals surface area contributed by atoms with E-state index in [9.17, 15) is 4.79 Å². The van der Waals surface area contributed by atoms with Gasteiger partial charge >= 0.3 is 6.09 Å². The van der Waals surface area contributed by atoms with Crippen LogP contribution in [0.4, 0.5) is 16.2 Å². The van der Waals surface area contributed by atoms with Crippen molar-refractivity contribution in [3.8, 4) is 0 Å². The lowest BCUT2D eigenvalue weighted by Gasteiger charge is -2.10. The summed E-state index contributed by atoms with van der Waals surface area (Å²) in [7, 11) is 0. The Morgan fingerprint density at radius 2 is 2.24 bits per heavy atom. The summed E-state index contributed by atoms with van der Waals surface area (Å²) >= 11 is 0. The lowest BCUT2D eigenvalue weighted by Crippen LogP contribution is -2.18. The molecule has 1 unspecified atom stereocenters. The first-order valence-electron chi connectivity index (χ1n) is 5.61. The topological polar surface area (TPSA) is 73.6 Å². The zero-order valence-corrected chi connectivity index (χ0v) is 9.52. The summed E-state index contributed by atoms with van der Waals surface area (Å²) in [6, 6.07) is 6.91. The van der Waals surface area contributed by atoms with Gasteiger partial charge in [0.15, 0.2) is 0 Å². The van der Waals surface area contributed by atoms with E-state index < -0.39 is 6.09 Å². The van der Waals surface area contributed by atoms with Crippen molar-refractivity contribution in [2.75, 3.05) is 30.9 Å². The molecule has 5 nitrogen and oxygen atoms in total. The van der Waals surface area contributed by atoms with E-state index in [0.29, 0.717) is 30.5 Å². The lowest BCUT2D eigenvalue weighted by molar-refractivity contribution is 0.127. The average molecular weight is 236 g/mol. The molecule has 1 fully saturated rings. The minimum atomic E-state index is -0.443. The van der Waals surface area contributed by atoms with Gasteiger partial charge in [-0.3, -0.25) is 5.32 Å². The molecule has 1 aliphatic heterocycles. The Bertz CT molecular complexity index is 372. The summed E-state index contributed by atoms with van der Waals surface area (Å²) in [6.45, 7) is 1.84. The summed E-state index contributed by atoms with van der Waals surface area (Å²) in [5.41, 5.74) is 6.87. The van der Waals surface area contributed by atoms with E-state index in [1.54, 1.807) is 24.3 Å². The number of carbonyl (C=O) groups is 1. The Balaban J connectivity index is 1.74. The minimum Gasteiger partial charge on any atom is -0.449 e. The highest BCUT2D eigenvalue weighted by Crippen LogP contribution is 2.14. The number of nitrogens with one attached hydrogen (secondary N) is 1. The predicted molar refractivity (Wildman–Crippen MR) is 64.8 cm³/mol. The molecule has 17 heavy (non-hydrogen) atoms. The normalized spacial score (nSPS) is 18.9. The largest absolute Gasteiger partial charge is 0.449 e. The molecule has 1 amide bonds. The second-order valence-corrected chi connectivity index (χ2v) is 4.08. The molecule has 0 radical (unpaired) electrons. The monoisotopic (exact) mass is 236 g/mol. The first kappa shape index (κ1) is 11.7. The van der Waals surface area contributed by atoms with Crippen molar-refractivity contribution in [1.29, 1.82) is 0 Å². The number of ether oxygens (including phenoxy) is 2. The maximum atomic E-state index is 11.4. The summed E-state index contributed by atoms with van der Waals surface area (Å²) in [5.74, 6) is 0.326. The predicted octanol–water partition coefficient (Wildman–Crippen LogP) is 1.85. The van der Waals surface area contributed by atoms with Crippen LogP contribution in [-0.4, -0.2) is 25.9 Å². The summed E-state index contributed by atoms with van der Waals surface area (Å²) in [6.07, 6.45) is 0.511. The van der Waals surface area contributed by atoms with Gasteiger partial charge in [-0.1, -0.05) is 0 Å². The third kappa shape index (κ3) is 3.64. The summed E-state index contributed by atoms with van der Waals surface area (Å²) < 4.78 is 10.3. The smallest absolute Gasteiger partial charge is 0.411 e. The van der Waals surface area contributed by atoms with Gasteiger partial charge in [0.2, 0.25) is 0 Å². The molecule has 0 saturated carbocycles. The van der Waals surface area contributed by atoms with Crippen LogP contribution in [0.1, 0.15) is 6.42 Å². The van der Waals surface area contributed by atoms with Crippen molar-refractivity contribution in [2.24, 2.45) is 5.92 Å². The lowest BCUT2D eigenvalue weighted by atomic mass is 10.1. The molecule has 92 valence electrons. The number of anilines is 2. The molecule has 1 aromatic carbocycles. The molecule has 5 heteroatoms. The van der Waals surface area contributed by atoms with Crippen LogP contribution in [0.15, 0.2) is 24.3 Å². The molecular formula is C12H16N2O3. The molecule has 1 aromatic rings. The third-order valence-electron chi connectivity index (χ3n) is 2.63. The molecule has 0 aliphatic carbocycles. The Kier molecular flexibility index (Phi) is 3.82. The van der Waals surface area contributed by atoms with E-state index in [1.807, 2.05) is 0 Å². The van der Waals surface area contributed by atoms with Gasteiger partial charge in [-0.2, -0.15) is 0 Å². The van der Waals surface area contributed by atoms with Gasteiger partial charge in [0.05, 0.1) is 13.2 Å². The number of hydrogen-bond acceptors (Lipinski definition) is 4. The summed E-state index contributed by atoms with van der Waals surface area (Å²) in [4.78, 5) is 11.4. The number of rotatable bonds is 3. The Labute approximate surface area is 99.9 Å². The molecule has 1 saturated heterocycles. The van der Waals surface area contributed by atoms with Gasteiger partial charge in [-0.25, -0.2) is 4.79 Å². The van der Waals surface area contributed by atoms with Crippen LogP contribution in [0.2, 0.25) is 0 Å². The highest BCUT2D eigenvalue weighted by molar-refractivity contribution is 5.84. The average Bonchev–Trinajstić information content (AvgIpc) is 2.83. The van der Waals surface area contributed by atoms with Gasteiger partial charge in [-0.15, -0.1) is 0 Å². The van der Waals surface area contributed by atoms with E-state index in [0.717, 1.165) is 13.0 Å². The number of benzene rings is 1. The first-order valence-corrected chi connectivity index (χ1v) is 5.61. The quantitative estimate of drug-likeness (QED) is 0.785.